The summed E-state index contributed by atoms with van der Waals surface area (Å²) in [5.74, 6) is -3.73. The third kappa shape index (κ3) is 2.79. The van der Waals surface area contributed by atoms with Crippen LogP contribution in [0, 0.1) is 0 Å². The summed E-state index contributed by atoms with van der Waals surface area (Å²) < 4.78 is 36.1. The maximum atomic E-state index is 14.2. The number of halogens is 2. The monoisotopic (exact) mass is 445 g/mol. The van der Waals surface area contributed by atoms with Crippen molar-refractivity contribution >= 4 is 24.4 Å². The molecule has 2 N–H and O–H groups in total. The molecular formula is C16H13F2N3O5Se. The van der Waals surface area contributed by atoms with E-state index >= 15 is 0 Å². The molecule has 0 bridgehead atoms. The van der Waals surface area contributed by atoms with Gasteiger partial charge in [-0.05, 0) is 0 Å². The van der Waals surface area contributed by atoms with Crippen molar-refractivity contribution in [1.29, 1.82) is 0 Å². The summed E-state index contributed by atoms with van der Waals surface area (Å²) in [4.78, 5) is 28.5. The zero-order chi connectivity index (χ0) is 19.3. The van der Waals surface area contributed by atoms with E-state index in [1.54, 1.807) is 24.3 Å². The molecule has 3 unspecified atom stereocenters. The van der Waals surface area contributed by atoms with Gasteiger partial charge < -0.3 is 0 Å². The Morgan fingerprint density at radius 1 is 1.26 bits per heavy atom. The third-order valence-corrected chi connectivity index (χ3v) is 6.61. The van der Waals surface area contributed by atoms with Gasteiger partial charge in [-0.2, -0.15) is 0 Å². The number of aromatic nitrogens is 3. The molecule has 142 valence electrons. The molecule has 1 aliphatic rings. The van der Waals surface area contributed by atoms with Gasteiger partial charge >= 0.3 is 155 Å². The van der Waals surface area contributed by atoms with Crippen LogP contribution in [0.2, 0.25) is 0 Å². The van der Waals surface area contributed by atoms with Gasteiger partial charge in [-0.25, -0.2) is 0 Å². The van der Waals surface area contributed by atoms with Crippen molar-refractivity contribution in [2.45, 2.75) is 24.4 Å². The van der Waals surface area contributed by atoms with Crippen molar-refractivity contribution in [3.05, 3.63) is 57.4 Å². The summed E-state index contributed by atoms with van der Waals surface area (Å²) in [5, 5.41) is 19.1. The molecule has 0 aliphatic carbocycles. The average Bonchev–Trinajstić information content (AvgIpc) is 3.10. The van der Waals surface area contributed by atoms with Gasteiger partial charge in [0.1, 0.15) is 0 Å². The predicted molar refractivity (Wildman–Crippen MR) is 90.5 cm³/mol. The van der Waals surface area contributed by atoms with E-state index in [4.69, 9.17) is 9.84 Å². The molecule has 0 saturated carbocycles. The van der Waals surface area contributed by atoms with E-state index in [1.165, 1.54) is 9.63 Å². The predicted octanol–water partition coefficient (Wildman–Crippen LogP) is -0.510. The van der Waals surface area contributed by atoms with Crippen LogP contribution in [0.5, 0.6) is 0 Å². The first-order valence-corrected chi connectivity index (χ1v) is 9.49. The van der Waals surface area contributed by atoms with Crippen molar-refractivity contribution in [2.75, 3.05) is 6.61 Å². The summed E-state index contributed by atoms with van der Waals surface area (Å²) in [5.41, 5.74) is -1.36. The van der Waals surface area contributed by atoms with E-state index in [0.29, 0.717) is 9.95 Å². The van der Waals surface area contributed by atoms with Crippen molar-refractivity contribution in [3.8, 4) is 5.82 Å². The van der Waals surface area contributed by atoms with E-state index in [2.05, 4.69) is 4.98 Å². The third-order valence-electron chi connectivity index (χ3n) is 4.33. The first kappa shape index (κ1) is 18.2. The number of rotatable bonds is 3. The fourth-order valence-electron chi connectivity index (χ4n) is 2.94. The topological polar surface area (TPSA) is 107 Å². The van der Waals surface area contributed by atoms with Crippen LogP contribution in [-0.4, -0.2) is 62.8 Å². The number of aliphatic hydroxyl groups is 2. The minimum absolute atomic E-state index is 0.0537. The fraction of sp³-hybridized carbons (Fsp3) is 0.312. The molecule has 3 aromatic rings. The van der Waals surface area contributed by atoms with Crippen LogP contribution < -0.4 is 11.2 Å². The molecule has 2 aromatic heterocycles. The van der Waals surface area contributed by atoms with Crippen molar-refractivity contribution in [1.82, 2.24) is 13.1 Å². The number of fused-ring (bicyclic) bond motifs is 1. The van der Waals surface area contributed by atoms with Gasteiger partial charge in [0.05, 0.1) is 0 Å². The molecule has 0 amide bonds. The normalized spacial score (nSPS) is 24.5. The number of nitrogens with zero attached hydrogens (tertiary/aromatic N) is 3. The molecule has 0 radical (unpaired) electrons. The molecule has 1 aliphatic heterocycles. The standard InChI is InChI=1S/C16H13F2N3O5Se/c17-16(18)12(23)9(7-22)26-14(16)20-6-5-11(19-15(20)25)21-13(24)8-3-1-2-4-10(8)27-21/h1-6,9,12,14,22-23H,7H2. The Balaban J connectivity index is 1.76. The molecule has 1 fully saturated rings. The zero-order valence-electron chi connectivity index (χ0n) is 13.5. The Kier molecular flexibility index (Phi) is 4.36. The van der Waals surface area contributed by atoms with E-state index < -0.39 is 51.4 Å². The zero-order valence-corrected chi connectivity index (χ0v) is 15.2. The van der Waals surface area contributed by atoms with Crippen LogP contribution in [0.3, 0.4) is 0 Å². The molecule has 3 atom stereocenters. The Hall–Kier alpha value is -2.17. The van der Waals surface area contributed by atoms with Gasteiger partial charge in [-0.15, -0.1) is 0 Å². The number of hydrogen-bond acceptors (Lipinski definition) is 6. The number of hydrogen-bond donors (Lipinski definition) is 2. The molecule has 1 aromatic carbocycles. The molecule has 11 heteroatoms. The van der Waals surface area contributed by atoms with Gasteiger partial charge in [0.2, 0.25) is 0 Å². The second-order valence-corrected chi connectivity index (χ2v) is 8.06. The van der Waals surface area contributed by atoms with Crippen molar-refractivity contribution in [3.63, 3.8) is 0 Å². The van der Waals surface area contributed by atoms with Gasteiger partial charge in [0, 0.05) is 0 Å². The molecule has 1 saturated heterocycles. The van der Waals surface area contributed by atoms with Crippen LogP contribution in [0.25, 0.3) is 15.5 Å². The average molecular weight is 444 g/mol. The summed E-state index contributed by atoms with van der Waals surface area (Å²) in [6, 6.07) is 8.27. The number of ether oxygens (including phenoxy) is 1. The Morgan fingerprint density at radius 2 is 2.00 bits per heavy atom. The van der Waals surface area contributed by atoms with Crippen molar-refractivity contribution < 1.29 is 23.7 Å². The van der Waals surface area contributed by atoms with E-state index in [0.717, 1.165) is 10.5 Å². The van der Waals surface area contributed by atoms with Gasteiger partial charge in [0.25, 0.3) is 0 Å². The quantitative estimate of drug-likeness (QED) is 0.528. The first-order chi connectivity index (χ1) is 12.8. The fourth-order valence-corrected chi connectivity index (χ4v) is 4.96. The summed E-state index contributed by atoms with van der Waals surface area (Å²) >= 11 is -0.425. The first-order valence-electron chi connectivity index (χ1n) is 7.87. The molecule has 8 nitrogen and oxygen atoms in total. The minimum atomic E-state index is -3.79. The van der Waals surface area contributed by atoms with E-state index in [-0.39, 0.29) is 11.4 Å². The Bertz CT molecular complexity index is 1120. The van der Waals surface area contributed by atoms with Crippen LogP contribution in [-0.2, 0) is 4.74 Å². The van der Waals surface area contributed by atoms with Gasteiger partial charge in [-0.1, -0.05) is 0 Å². The molecule has 0 spiro atoms. The second kappa shape index (κ2) is 6.47. The Morgan fingerprint density at radius 3 is 2.63 bits per heavy atom. The molecule has 3 heterocycles. The number of benzene rings is 1. The van der Waals surface area contributed by atoms with Crippen LogP contribution in [0.4, 0.5) is 8.78 Å². The molecule has 27 heavy (non-hydrogen) atoms. The number of aliphatic hydroxyl groups excluding tert-OH is 2. The van der Waals surface area contributed by atoms with Gasteiger partial charge in [-0.3, -0.25) is 0 Å². The maximum absolute atomic E-state index is 14.2. The van der Waals surface area contributed by atoms with Crippen molar-refractivity contribution in [2.24, 2.45) is 0 Å². The summed E-state index contributed by atoms with van der Waals surface area (Å²) in [6.07, 6.45) is -4.83. The molecule has 4 rings (SSSR count). The second-order valence-electron chi connectivity index (χ2n) is 5.99. The van der Waals surface area contributed by atoms with E-state index in [1.807, 2.05) is 0 Å². The summed E-state index contributed by atoms with van der Waals surface area (Å²) in [7, 11) is 0. The summed E-state index contributed by atoms with van der Waals surface area (Å²) in [6.45, 7) is -0.823. The molecular weight excluding hydrogens is 431 g/mol. The van der Waals surface area contributed by atoms with Crippen LogP contribution >= 0.6 is 0 Å². The SMILES string of the molecule is O=c1nc(-n2[se]c3ccccc3c2=O)ccn1C1OC(CO)C(O)C1(F)F. The van der Waals surface area contributed by atoms with E-state index in [9.17, 15) is 23.5 Å². The van der Waals surface area contributed by atoms with Gasteiger partial charge in [0.15, 0.2) is 0 Å². The van der Waals surface area contributed by atoms with Crippen LogP contribution in [0.1, 0.15) is 6.23 Å². The Labute approximate surface area is 155 Å². The van der Waals surface area contributed by atoms with Crippen LogP contribution in [0.15, 0.2) is 46.1 Å². The number of alkyl halides is 2.